The third-order valence-electron chi connectivity index (χ3n) is 5.74. The number of esters is 1. The number of anilines is 1. The number of hydrogen-bond acceptors (Lipinski definition) is 8. The quantitative estimate of drug-likeness (QED) is 0.413. The predicted octanol–water partition coefficient (Wildman–Crippen LogP) is 3.17. The molecule has 1 aromatic heterocycles. The molecule has 0 spiro atoms. The van der Waals surface area contributed by atoms with E-state index in [9.17, 15) is 19.2 Å². The topological polar surface area (TPSA) is 106 Å². The molecule has 2 aliphatic heterocycles. The number of hydrogen-bond donors (Lipinski definition) is 1. The maximum absolute atomic E-state index is 13.6. The molecule has 3 heterocycles. The molecular formula is C24H20N2O6S2. The number of amides is 2. The van der Waals surface area contributed by atoms with Crippen LogP contribution in [0, 0.1) is 5.92 Å². The van der Waals surface area contributed by atoms with Crippen LogP contribution in [-0.4, -0.2) is 41.2 Å². The second-order valence-electron chi connectivity index (χ2n) is 7.76. The molecule has 1 N–H and O–H groups in total. The van der Waals surface area contributed by atoms with E-state index in [1.165, 1.54) is 16.7 Å². The maximum atomic E-state index is 13.6. The summed E-state index contributed by atoms with van der Waals surface area (Å²) in [6, 6.07) is 15.9. The van der Waals surface area contributed by atoms with Crippen LogP contribution in [0.2, 0.25) is 0 Å². The fraction of sp³-hybridized carbons (Fsp3) is 0.250. The highest BCUT2D eigenvalue weighted by Crippen LogP contribution is 2.53. The Hall–Kier alpha value is -3.37. The van der Waals surface area contributed by atoms with Crippen molar-refractivity contribution >= 4 is 46.6 Å². The number of nitrogens with zero attached hydrogens (tertiary/aromatic N) is 1. The van der Waals surface area contributed by atoms with Gasteiger partial charge in [-0.05, 0) is 36.8 Å². The van der Waals surface area contributed by atoms with Crippen LogP contribution in [0.15, 0.2) is 64.4 Å². The molecule has 0 saturated carbocycles. The van der Waals surface area contributed by atoms with E-state index in [-0.39, 0.29) is 29.9 Å². The van der Waals surface area contributed by atoms with Crippen molar-refractivity contribution in [2.75, 3.05) is 18.1 Å². The van der Waals surface area contributed by atoms with Crippen LogP contribution in [0.4, 0.5) is 5.69 Å². The first-order valence-electron chi connectivity index (χ1n) is 10.7. The molecule has 2 aliphatic rings. The van der Waals surface area contributed by atoms with E-state index in [0.29, 0.717) is 16.5 Å². The zero-order valence-electron chi connectivity index (χ0n) is 18.1. The monoisotopic (exact) mass is 496 g/mol. The van der Waals surface area contributed by atoms with Gasteiger partial charge in [-0.25, -0.2) is 9.69 Å². The van der Waals surface area contributed by atoms with E-state index in [0.717, 1.165) is 21.8 Å². The van der Waals surface area contributed by atoms with E-state index in [2.05, 4.69) is 4.98 Å². The SMILES string of the molecule is CCOC(=O)COc1ccc([C@@H]2c3sc(=O)[nH]c3S[C@H]3C(=O)N(c4ccccc4)C(=O)[C@@H]23)cc1. The predicted molar refractivity (Wildman–Crippen MR) is 127 cm³/mol. The maximum Gasteiger partial charge on any atom is 0.344 e. The standard InChI is InChI=1S/C24H20N2O6S2/c1-2-31-16(27)12-32-15-10-8-13(9-11-15)17-18-20(33-21-19(17)34-24(30)25-21)23(29)26(22(18)28)14-6-4-3-5-7-14/h3-11,17-18,20H,2,12H2,1H3,(H,25,30)/t17-,18-,20+/m0/s1. The van der Waals surface area contributed by atoms with Gasteiger partial charge in [0, 0.05) is 10.8 Å². The van der Waals surface area contributed by atoms with Crippen molar-refractivity contribution in [3.05, 3.63) is 74.7 Å². The van der Waals surface area contributed by atoms with Gasteiger partial charge in [0.25, 0.3) is 0 Å². The number of carbonyl (C=O) groups excluding carboxylic acids is 3. The number of rotatable bonds is 6. The molecule has 2 aromatic carbocycles. The minimum Gasteiger partial charge on any atom is -0.482 e. The molecule has 0 bridgehead atoms. The molecule has 34 heavy (non-hydrogen) atoms. The van der Waals surface area contributed by atoms with Gasteiger partial charge in [-0.15, -0.1) is 0 Å². The van der Waals surface area contributed by atoms with E-state index >= 15 is 0 Å². The van der Waals surface area contributed by atoms with E-state index < -0.39 is 23.1 Å². The average Bonchev–Trinajstić information content (AvgIpc) is 3.33. The lowest BCUT2D eigenvalue weighted by atomic mass is 9.83. The summed E-state index contributed by atoms with van der Waals surface area (Å²) >= 11 is 2.30. The number of ether oxygens (including phenoxy) is 2. The van der Waals surface area contributed by atoms with E-state index in [1.807, 2.05) is 6.07 Å². The Morgan fingerprint density at radius 3 is 2.47 bits per heavy atom. The summed E-state index contributed by atoms with van der Waals surface area (Å²) < 4.78 is 10.3. The van der Waals surface area contributed by atoms with Gasteiger partial charge < -0.3 is 14.5 Å². The van der Waals surface area contributed by atoms with Gasteiger partial charge in [-0.3, -0.25) is 14.4 Å². The number of benzene rings is 2. The Labute approximate surface area is 202 Å². The van der Waals surface area contributed by atoms with Gasteiger partial charge in [0.1, 0.15) is 11.0 Å². The van der Waals surface area contributed by atoms with Gasteiger partial charge in [-0.2, -0.15) is 0 Å². The van der Waals surface area contributed by atoms with Crippen molar-refractivity contribution in [1.29, 1.82) is 0 Å². The second kappa shape index (κ2) is 9.11. The Bertz CT molecular complexity index is 1300. The number of aromatic nitrogens is 1. The second-order valence-corrected chi connectivity index (χ2v) is 9.93. The number of H-pyrrole nitrogens is 1. The van der Waals surface area contributed by atoms with Crippen molar-refractivity contribution in [1.82, 2.24) is 4.98 Å². The summed E-state index contributed by atoms with van der Waals surface area (Å²) in [5, 5.41) is -0.0184. The zero-order valence-corrected chi connectivity index (χ0v) is 19.7. The normalized spacial score (nSPS) is 21.2. The van der Waals surface area contributed by atoms with Crippen molar-refractivity contribution in [2.24, 2.45) is 5.92 Å². The molecule has 5 rings (SSSR count). The van der Waals surface area contributed by atoms with Crippen molar-refractivity contribution in [2.45, 2.75) is 23.1 Å². The van der Waals surface area contributed by atoms with Crippen LogP contribution in [-0.2, 0) is 19.1 Å². The number of thioether (sulfide) groups is 1. The highest BCUT2D eigenvalue weighted by Gasteiger charge is 2.56. The highest BCUT2D eigenvalue weighted by atomic mass is 32.2. The van der Waals surface area contributed by atoms with Crippen LogP contribution in [0.1, 0.15) is 23.3 Å². The molecule has 0 unspecified atom stereocenters. The Balaban J connectivity index is 1.49. The van der Waals surface area contributed by atoms with E-state index in [1.54, 1.807) is 55.5 Å². The number of para-hydroxylation sites is 1. The summed E-state index contributed by atoms with van der Waals surface area (Å²) in [7, 11) is 0. The largest absolute Gasteiger partial charge is 0.482 e. The first kappa shape index (κ1) is 22.4. The summed E-state index contributed by atoms with van der Waals surface area (Å²) in [4.78, 5) is 55.2. The third-order valence-corrected chi connectivity index (χ3v) is 8.14. The lowest BCUT2D eigenvalue weighted by Gasteiger charge is -2.29. The lowest BCUT2D eigenvalue weighted by Crippen LogP contribution is -2.32. The first-order valence-corrected chi connectivity index (χ1v) is 12.4. The minimum absolute atomic E-state index is 0.208. The number of aromatic amines is 1. The van der Waals surface area contributed by atoms with Crippen LogP contribution >= 0.6 is 23.1 Å². The molecule has 0 radical (unpaired) electrons. The number of nitrogens with one attached hydrogen (secondary N) is 1. The van der Waals surface area contributed by atoms with Crippen LogP contribution in [0.3, 0.4) is 0 Å². The summed E-state index contributed by atoms with van der Waals surface area (Å²) in [6.45, 7) is 1.79. The molecule has 10 heteroatoms. The molecule has 2 amide bonds. The molecule has 1 saturated heterocycles. The molecule has 3 aromatic rings. The number of carbonyl (C=O) groups is 3. The fourth-order valence-corrected chi connectivity index (χ4v) is 6.84. The minimum atomic E-state index is -0.650. The smallest absolute Gasteiger partial charge is 0.344 e. The van der Waals surface area contributed by atoms with Gasteiger partial charge >= 0.3 is 10.8 Å². The highest BCUT2D eigenvalue weighted by molar-refractivity contribution is 8.00. The number of fused-ring (bicyclic) bond motifs is 2. The first-order chi connectivity index (χ1) is 16.5. The molecule has 8 nitrogen and oxygen atoms in total. The van der Waals surface area contributed by atoms with Gasteiger partial charge in [0.2, 0.25) is 11.8 Å². The van der Waals surface area contributed by atoms with E-state index in [4.69, 9.17) is 9.47 Å². The number of imide groups is 1. The Morgan fingerprint density at radius 1 is 1.03 bits per heavy atom. The molecular weight excluding hydrogens is 476 g/mol. The van der Waals surface area contributed by atoms with Gasteiger partial charge in [0.05, 0.1) is 23.2 Å². The molecule has 3 atom stereocenters. The third kappa shape index (κ3) is 3.92. The van der Waals surface area contributed by atoms with Crippen LogP contribution in [0.25, 0.3) is 0 Å². The molecule has 0 aliphatic carbocycles. The summed E-state index contributed by atoms with van der Waals surface area (Å²) in [6.07, 6.45) is 0. The molecule has 174 valence electrons. The lowest BCUT2D eigenvalue weighted by molar-refractivity contribution is -0.145. The molecule has 1 fully saturated rings. The number of thiazole rings is 1. The van der Waals surface area contributed by atoms with Gasteiger partial charge in [0.15, 0.2) is 6.61 Å². The van der Waals surface area contributed by atoms with Gasteiger partial charge in [-0.1, -0.05) is 53.4 Å². The van der Waals surface area contributed by atoms with Crippen molar-refractivity contribution in [3.8, 4) is 5.75 Å². The Morgan fingerprint density at radius 2 is 1.76 bits per heavy atom. The van der Waals surface area contributed by atoms with Crippen molar-refractivity contribution < 1.29 is 23.9 Å². The summed E-state index contributed by atoms with van der Waals surface area (Å²) in [5.74, 6) is -1.68. The van der Waals surface area contributed by atoms with Crippen molar-refractivity contribution in [3.63, 3.8) is 0 Å². The summed E-state index contributed by atoms with van der Waals surface area (Å²) in [5.41, 5.74) is 1.32. The Kier molecular flexibility index (Phi) is 6.01. The fourth-order valence-electron chi connectivity index (χ4n) is 4.32. The van der Waals surface area contributed by atoms with Crippen LogP contribution in [0.5, 0.6) is 5.75 Å². The van der Waals surface area contributed by atoms with Crippen LogP contribution < -0.4 is 14.5 Å². The average molecular weight is 497 g/mol. The zero-order chi connectivity index (χ0) is 23.8.